The maximum atomic E-state index is 12.6. The topological polar surface area (TPSA) is 128 Å². The van der Waals surface area contributed by atoms with E-state index in [9.17, 15) is 18.0 Å². The van der Waals surface area contributed by atoms with Crippen LogP contribution in [0.3, 0.4) is 0 Å². The fraction of sp³-hybridized carbons (Fsp3) is 0.176. The summed E-state index contributed by atoms with van der Waals surface area (Å²) in [5.41, 5.74) is 5.82. The van der Waals surface area contributed by atoms with Crippen molar-refractivity contribution in [2.45, 2.75) is 17.9 Å². The van der Waals surface area contributed by atoms with Gasteiger partial charge in [-0.25, -0.2) is 8.42 Å². The second kappa shape index (κ2) is 8.38. The third kappa shape index (κ3) is 5.19. The number of anilines is 1. The van der Waals surface area contributed by atoms with Gasteiger partial charge in [-0.05, 0) is 49.4 Å². The van der Waals surface area contributed by atoms with E-state index in [4.69, 9.17) is 22.1 Å². The second-order valence-electron chi connectivity index (χ2n) is 5.57. The van der Waals surface area contributed by atoms with Crippen molar-refractivity contribution in [1.82, 2.24) is 4.72 Å². The molecule has 1 atom stereocenters. The van der Waals surface area contributed by atoms with Crippen molar-refractivity contribution >= 4 is 39.1 Å². The molecule has 0 aliphatic heterocycles. The normalized spacial score (nSPS) is 12.3. The average Bonchev–Trinajstić information content (AvgIpc) is 2.61. The molecule has 0 radical (unpaired) electrons. The summed E-state index contributed by atoms with van der Waals surface area (Å²) in [6.07, 6.45) is 0. The van der Waals surface area contributed by atoms with E-state index in [2.05, 4.69) is 10.0 Å². The van der Waals surface area contributed by atoms with E-state index >= 15 is 0 Å². The molecule has 2 aromatic carbocycles. The number of ether oxygens (including phenoxy) is 1. The number of carbonyl (C=O) groups excluding carboxylic acids is 2. The van der Waals surface area contributed by atoms with Crippen molar-refractivity contribution in [2.75, 3.05) is 12.4 Å². The van der Waals surface area contributed by atoms with Gasteiger partial charge in [-0.15, -0.1) is 0 Å². The molecule has 2 amide bonds. The third-order valence-corrected chi connectivity index (χ3v) is 5.37. The maximum Gasteiger partial charge on any atom is 0.248 e. The number of nitrogens with two attached hydrogens (primary N) is 1. The lowest BCUT2D eigenvalue weighted by atomic mass is 10.2. The first-order valence-corrected chi connectivity index (χ1v) is 9.57. The number of hydrogen-bond donors (Lipinski definition) is 3. The summed E-state index contributed by atoms with van der Waals surface area (Å²) in [5, 5.41) is 2.76. The lowest BCUT2D eigenvalue weighted by Gasteiger charge is -2.16. The summed E-state index contributed by atoms with van der Waals surface area (Å²) in [6, 6.07) is 8.92. The smallest absolute Gasteiger partial charge is 0.248 e. The molecule has 10 heteroatoms. The first-order valence-electron chi connectivity index (χ1n) is 7.70. The number of nitrogens with one attached hydrogen (secondary N) is 2. The predicted molar refractivity (Wildman–Crippen MR) is 101 cm³/mol. The molecule has 0 spiro atoms. The van der Waals surface area contributed by atoms with Crippen LogP contribution in [0.1, 0.15) is 17.3 Å². The van der Waals surface area contributed by atoms with E-state index in [1.165, 1.54) is 56.5 Å². The molecule has 0 bridgehead atoms. The molecule has 0 aliphatic rings. The van der Waals surface area contributed by atoms with Gasteiger partial charge in [-0.2, -0.15) is 4.72 Å². The van der Waals surface area contributed by atoms with Crippen LogP contribution < -0.4 is 20.5 Å². The number of amides is 2. The Morgan fingerprint density at radius 3 is 2.33 bits per heavy atom. The SMILES string of the molecule is COc1ccc(Cl)cc1S(=O)(=O)N[C@@H](C)C(=O)Nc1ccc(C(N)=O)cc1. The monoisotopic (exact) mass is 411 g/mol. The number of primary amides is 1. The van der Waals surface area contributed by atoms with Gasteiger partial charge in [0.2, 0.25) is 21.8 Å². The van der Waals surface area contributed by atoms with Gasteiger partial charge in [0.25, 0.3) is 0 Å². The minimum atomic E-state index is -4.06. The van der Waals surface area contributed by atoms with Crippen LogP contribution in [-0.2, 0) is 14.8 Å². The maximum absolute atomic E-state index is 12.6. The van der Waals surface area contributed by atoms with Gasteiger partial charge in [-0.1, -0.05) is 11.6 Å². The summed E-state index contributed by atoms with van der Waals surface area (Å²) in [6.45, 7) is 1.39. The molecule has 0 saturated heterocycles. The van der Waals surface area contributed by atoms with Crippen LogP contribution in [0, 0.1) is 0 Å². The number of methoxy groups -OCH3 is 1. The standard InChI is InChI=1S/C17H18ClN3O5S/c1-10(17(23)20-13-6-3-11(4-7-13)16(19)22)21-27(24,25)15-9-12(18)5-8-14(15)26-2/h3-10,21H,1-2H3,(H2,19,22)(H,20,23)/t10-/m0/s1. The molecule has 0 heterocycles. The predicted octanol–water partition coefficient (Wildman–Crippen LogP) is 1.75. The molecule has 2 rings (SSSR count). The van der Waals surface area contributed by atoms with E-state index in [0.29, 0.717) is 5.69 Å². The van der Waals surface area contributed by atoms with Crippen molar-refractivity contribution in [2.24, 2.45) is 5.73 Å². The van der Waals surface area contributed by atoms with Crippen LogP contribution >= 0.6 is 11.6 Å². The van der Waals surface area contributed by atoms with Crippen molar-refractivity contribution in [1.29, 1.82) is 0 Å². The van der Waals surface area contributed by atoms with Crippen LogP contribution in [-0.4, -0.2) is 33.4 Å². The molecule has 0 saturated carbocycles. The van der Waals surface area contributed by atoms with E-state index in [0.717, 1.165) is 0 Å². The summed E-state index contributed by atoms with van der Waals surface area (Å²) in [5.74, 6) is -1.09. The van der Waals surface area contributed by atoms with Gasteiger partial charge in [0.1, 0.15) is 10.6 Å². The highest BCUT2D eigenvalue weighted by molar-refractivity contribution is 7.89. The minimum absolute atomic E-state index is 0.0987. The molecule has 27 heavy (non-hydrogen) atoms. The number of rotatable bonds is 7. The lowest BCUT2D eigenvalue weighted by Crippen LogP contribution is -2.41. The van der Waals surface area contributed by atoms with Crippen LogP contribution in [0.4, 0.5) is 5.69 Å². The molecule has 0 fully saturated rings. The fourth-order valence-corrected chi connectivity index (χ4v) is 3.81. The Bertz CT molecular complexity index is 961. The van der Waals surface area contributed by atoms with Gasteiger partial charge >= 0.3 is 0 Å². The van der Waals surface area contributed by atoms with E-state index in [1.54, 1.807) is 0 Å². The number of sulfonamides is 1. The van der Waals surface area contributed by atoms with Gasteiger partial charge in [0, 0.05) is 16.3 Å². The summed E-state index contributed by atoms with van der Waals surface area (Å²) < 4.78 is 32.5. The minimum Gasteiger partial charge on any atom is -0.495 e. The second-order valence-corrected chi connectivity index (χ2v) is 7.69. The zero-order chi connectivity index (χ0) is 20.2. The highest BCUT2D eigenvalue weighted by Crippen LogP contribution is 2.27. The summed E-state index contributed by atoms with van der Waals surface area (Å²) >= 11 is 5.86. The van der Waals surface area contributed by atoms with Gasteiger partial charge < -0.3 is 15.8 Å². The zero-order valence-corrected chi connectivity index (χ0v) is 16.1. The van der Waals surface area contributed by atoms with Gasteiger partial charge in [0.05, 0.1) is 13.2 Å². The van der Waals surface area contributed by atoms with Gasteiger partial charge in [0.15, 0.2) is 0 Å². The van der Waals surface area contributed by atoms with Crippen LogP contribution in [0.25, 0.3) is 0 Å². The Balaban J connectivity index is 2.13. The highest BCUT2D eigenvalue weighted by atomic mass is 35.5. The number of benzene rings is 2. The lowest BCUT2D eigenvalue weighted by molar-refractivity contribution is -0.117. The molecule has 2 aromatic rings. The fourth-order valence-electron chi connectivity index (χ4n) is 2.18. The first kappa shape index (κ1) is 20.7. The Labute approximate surface area is 161 Å². The molecule has 144 valence electrons. The molecule has 4 N–H and O–H groups in total. The van der Waals surface area contributed by atoms with Gasteiger partial charge in [-0.3, -0.25) is 9.59 Å². The summed E-state index contributed by atoms with van der Waals surface area (Å²) in [4.78, 5) is 23.1. The summed E-state index contributed by atoms with van der Waals surface area (Å²) in [7, 11) is -2.73. The molecule has 0 unspecified atom stereocenters. The van der Waals surface area contributed by atoms with Crippen molar-refractivity contribution in [3.63, 3.8) is 0 Å². The largest absolute Gasteiger partial charge is 0.495 e. The van der Waals surface area contributed by atoms with Crippen molar-refractivity contribution in [3.8, 4) is 5.75 Å². The number of carbonyl (C=O) groups is 2. The van der Waals surface area contributed by atoms with Crippen LogP contribution in [0.5, 0.6) is 5.75 Å². The quantitative estimate of drug-likeness (QED) is 0.639. The van der Waals surface area contributed by atoms with Crippen LogP contribution in [0.15, 0.2) is 47.4 Å². The third-order valence-electron chi connectivity index (χ3n) is 3.58. The van der Waals surface area contributed by atoms with E-state index < -0.39 is 27.9 Å². The Hall–Kier alpha value is -2.62. The Morgan fingerprint density at radius 1 is 1.15 bits per heavy atom. The van der Waals surface area contributed by atoms with Crippen LogP contribution in [0.2, 0.25) is 5.02 Å². The number of hydrogen-bond acceptors (Lipinski definition) is 5. The van der Waals surface area contributed by atoms with E-state index in [1.807, 2.05) is 0 Å². The van der Waals surface area contributed by atoms with Crippen molar-refractivity contribution in [3.05, 3.63) is 53.1 Å². The molecular weight excluding hydrogens is 394 g/mol. The molecule has 0 aliphatic carbocycles. The Kier molecular flexibility index (Phi) is 6.42. The molecular formula is C17H18ClN3O5S. The zero-order valence-electron chi connectivity index (χ0n) is 14.5. The highest BCUT2D eigenvalue weighted by Gasteiger charge is 2.25. The average molecular weight is 412 g/mol. The van der Waals surface area contributed by atoms with E-state index in [-0.39, 0.29) is 21.2 Å². The van der Waals surface area contributed by atoms with Crippen molar-refractivity contribution < 1.29 is 22.7 Å². The number of halogens is 1. The molecule has 0 aromatic heterocycles. The first-order chi connectivity index (χ1) is 12.6. The molecule has 8 nitrogen and oxygen atoms in total. The Morgan fingerprint density at radius 2 is 1.78 bits per heavy atom.